The van der Waals surface area contributed by atoms with Crippen molar-refractivity contribution in [2.75, 3.05) is 5.32 Å². The summed E-state index contributed by atoms with van der Waals surface area (Å²) >= 11 is 9.01. The third kappa shape index (κ3) is 2.86. The summed E-state index contributed by atoms with van der Waals surface area (Å²) in [6.45, 7) is 0. The van der Waals surface area contributed by atoms with Crippen LogP contribution in [-0.4, -0.2) is 10.9 Å². The van der Waals surface area contributed by atoms with Gasteiger partial charge in [0.05, 0.1) is 17.4 Å². The predicted octanol–water partition coefficient (Wildman–Crippen LogP) is 3.89. The number of nitrogens with zero attached hydrogens (tertiary/aromatic N) is 1. The fourth-order valence-electron chi connectivity index (χ4n) is 1.34. The maximum atomic E-state index is 13.3. The highest BCUT2D eigenvalue weighted by Gasteiger charge is 2.12. The molecular formula is C12H7BrClFN2O. The molecule has 0 fully saturated rings. The lowest BCUT2D eigenvalue weighted by Crippen LogP contribution is -2.13. The van der Waals surface area contributed by atoms with Crippen LogP contribution < -0.4 is 5.32 Å². The second kappa shape index (κ2) is 5.46. The Kier molecular flexibility index (Phi) is 3.93. The van der Waals surface area contributed by atoms with E-state index in [1.165, 1.54) is 12.3 Å². The number of carbonyl (C=O) groups excluding carboxylic acids is 1. The minimum atomic E-state index is -0.587. The van der Waals surface area contributed by atoms with E-state index in [1.54, 1.807) is 18.2 Å². The van der Waals surface area contributed by atoms with Gasteiger partial charge in [0.2, 0.25) is 0 Å². The smallest absolute Gasteiger partial charge is 0.256 e. The normalized spacial score (nSPS) is 10.2. The summed E-state index contributed by atoms with van der Waals surface area (Å²) in [6, 6.07) is 6.13. The van der Waals surface area contributed by atoms with E-state index in [1.807, 2.05) is 0 Å². The van der Waals surface area contributed by atoms with E-state index >= 15 is 0 Å². The number of halogens is 3. The number of hydrogen-bond donors (Lipinski definition) is 1. The molecule has 1 amide bonds. The minimum Gasteiger partial charge on any atom is -0.319 e. The van der Waals surface area contributed by atoms with E-state index in [0.717, 1.165) is 6.20 Å². The van der Waals surface area contributed by atoms with E-state index in [9.17, 15) is 9.18 Å². The maximum Gasteiger partial charge on any atom is 0.256 e. The fraction of sp³-hybridized carbons (Fsp3) is 0. The van der Waals surface area contributed by atoms with Gasteiger partial charge in [-0.1, -0.05) is 11.6 Å². The molecule has 0 aliphatic rings. The highest BCUT2D eigenvalue weighted by molar-refractivity contribution is 9.10. The van der Waals surface area contributed by atoms with Crippen LogP contribution in [0.25, 0.3) is 0 Å². The van der Waals surface area contributed by atoms with Crippen molar-refractivity contribution in [3.8, 4) is 0 Å². The van der Waals surface area contributed by atoms with Gasteiger partial charge in [0, 0.05) is 15.7 Å². The van der Waals surface area contributed by atoms with Crippen molar-refractivity contribution < 1.29 is 9.18 Å². The standard InChI is InChI=1S/C12H7BrClFN2O/c13-9-5-7(14)1-2-8(9)12(18)17-11-3-4-16-6-10(11)15/h1-6H,(H,16,17,18). The van der Waals surface area contributed by atoms with Gasteiger partial charge in [-0.3, -0.25) is 9.78 Å². The van der Waals surface area contributed by atoms with Crippen molar-refractivity contribution in [2.45, 2.75) is 0 Å². The molecule has 1 aromatic carbocycles. The number of nitrogens with one attached hydrogen (secondary N) is 1. The molecule has 3 nitrogen and oxygen atoms in total. The van der Waals surface area contributed by atoms with Crippen molar-refractivity contribution in [3.05, 3.63) is 57.5 Å². The van der Waals surface area contributed by atoms with Gasteiger partial charge in [0.15, 0.2) is 5.82 Å². The van der Waals surface area contributed by atoms with Gasteiger partial charge in [-0.15, -0.1) is 0 Å². The van der Waals surface area contributed by atoms with E-state index in [0.29, 0.717) is 15.1 Å². The number of rotatable bonds is 2. The molecule has 0 atom stereocenters. The molecule has 0 bridgehead atoms. The Morgan fingerprint density at radius 1 is 1.39 bits per heavy atom. The molecule has 0 spiro atoms. The Hall–Kier alpha value is -1.46. The molecule has 1 N–H and O–H groups in total. The number of aromatic nitrogens is 1. The predicted molar refractivity (Wildman–Crippen MR) is 71.3 cm³/mol. The summed E-state index contributed by atoms with van der Waals surface area (Å²) in [5, 5.41) is 2.97. The average molecular weight is 330 g/mol. The van der Waals surface area contributed by atoms with Gasteiger partial charge in [-0.2, -0.15) is 0 Å². The second-order valence-electron chi connectivity index (χ2n) is 3.43. The molecule has 6 heteroatoms. The van der Waals surface area contributed by atoms with Crippen LogP contribution in [0.1, 0.15) is 10.4 Å². The van der Waals surface area contributed by atoms with E-state index < -0.39 is 11.7 Å². The summed E-state index contributed by atoms with van der Waals surface area (Å²) in [4.78, 5) is 15.5. The number of pyridine rings is 1. The monoisotopic (exact) mass is 328 g/mol. The minimum absolute atomic E-state index is 0.0804. The van der Waals surface area contributed by atoms with Crippen molar-refractivity contribution >= 4 is 39.1 Å². The van der Waals surface area contributed by atoms with Crippen LogP contribution in [0.15, 0.2) is 41.1 Å². The molecule has 92 valence electrons. The van der Waals surface area contributed by atoms with Gasteiger partial charge in [0.25, 0.3) is 5.91 Å². The topological polar surface area (TPSA) is 42.0 Å². The van der Waals surface area contributed by atoms with Gasteiger partial charge < -0.3 is 5.32 Å². The Labute approximate surface area is 116 Å². The molecule has 2 aromatic rings. The van der Waals surface area contributed by atoms with Crippen LogP contribution in [0.5, 0.6) is 0 Å². The van der Waals surface area contributed by atoms with Gasteiger partial charge in [-0.05, 0) is 40.2 Å². The van der Waals surface area contributed by atoms with Crippen molar-refractivity contribution in [3.63, 3.8) is 0 Å². The van der Waals surface area contributed by atoms with Gasteiger partial charge in [-0.25, -0.2) is 4.39 Å². The first-order valence-corrected chi connectivity index (χ1v) is 6.11. The number of amides is 1. The zero-order valence-electron chi connectivity index (χ0n) is 8.95. The summed E-state index contributed by atoms with van der Waals surface area (Å²) in [6.07, 6.45) is 2.43. The molecule has 18 heavy (non-hydrogen) atoms. The highest BCUT2D eigenvalue weighted by atomic mass is 79.9. The number of hydrogen-bond acceptors (Lipinski definition) is 2. The van der Waals surface area contributed by atoms with Crippen molar-refractivity contribution in [2.24, 2.45) is 0 Å². The summed E-state index contributed by atoms with van der Waals surface area (Å²) in [5.41, 5.74) is 0.451. The van der Waals surface area contributed by atoms with Crippen molar-refractivity contribution in [1.82, 2.24) is 4.98 Å². The lowest BCUT2D eigenvalue weighted by atomic mass is 10.2. The maximum absolute atomic E-state index is 13.3. The van der Waals surface area contributed by atoms with E-state index in [-0.39, 0.29) is 5.69 Å². The quantitative estimate of drug-likeness (QED) is 0.908. The summed E-state index contributed by atoms with van der Waals surface area (Å²) in [5.74, 6) is -1.01. The first kappa shape index (κ1) is 13.0. The molecule has 0 aliphatic carbocycles. The van der Waals surface area contributed by atoms with Crippen molar-refractivity contribution in [1.29, 1.82) is 0 Å². The van der Waals surface area contributed by atoms with E-state index in [2.05, 4.69) is 26.2 Å². The molecule has 2 rings (SSSR count). The lowest BCUT2D eigenvalue weighted by Gasteiger charge is -2.07. The van der Waals surface area contributed by atoms with Crippen LogP contribution >= 0.6 is 27.5 Å². The molecule has 0 saturated heterocycles. The molecule has 1 heterocycles. The van der Waals surface area contributed by atoms with Crippen LogP contribution in [0.2, 0.25) is 5.02 Å². The first-order chi connectivity index (χ1) is 8.58. The van der Waals surface area contributed by atoms with Gasteiger partial charge in [0.1, 0.15) is 0 Å². The zero-order chi connectivity index (χ0) is 13.1. The summed E-state index contributed by atoms with van der Waals surface area (Å²) in [7, 11) is 0. The van der Waals surface area contributed by atoms with Crippen LogP contribution in [-0.2, 0) is 0 Å². The fourth-order valence-corrected chi connectivity index (χ4v) is 2.20. The lowest BCUT2D eigenvalue weighted by molar-refractivity contribution is 0.102. The Balaban J connectivity index is 2.25. The van der Waals surface area contributed by atoms with Crippen LogP contribution in [0.3, 0.4) is 0 Å². The number of anilines is 1. The second-order valence-corrected chi connectivity index (χ2v) is 4.72. The van der Waals surface area contributed by atoms with Gasteiger partial charge >= 0.3 is 0 Å². The molecule has 0 unspecified atom stereocenters. The molecule has 0 saturated carbocycles. The number of benzene rings is 1. The Morgan fingerprint density at radius 3 is 2.83 bits per heavy atom. The average Bonchev–Trinajstić information content (AvgIpc) is 2.32. The largest absolute Gasteiger partial charge is 0.319 e. The number of carbonyl (C=O) groups is 1. The SMILES string of the molecule is O=C(Nc1ccncc1F)c1ccc(Cl)cc1Br. The molecule has 1 aromatic heterocycles. The van der Waals surface area contributed by atoms with Crippen LogP contribution in [0.4, 0.5) is 10.1 Å². The molecule has 0 radical (unpaired) electrons. The summed E-state index contributed by atoms with van der Waals surface area (Å²) < 4.78 is 13.9. The first-order valence-electron chi connectivity index (χ1n) is 4.94. The zero-order valence-corrected chi connectivity index (χ0v) is 11.3. The molecule has 0 aliphatic heterocycles. The van der Waals surface area contributed by atoms with E-state index in [4.69, 9.17) is 11.6 Å². The Bertz CT molecular complexity index is 606. The third-order valence-electron chi connectivity index (χ3n) is 2.20. The third-order valence-corrected chi connectivity index (χ3v) is 3.09. The van der Waals surface area contributed by atoms with Crippen LogP contribution in [0, 0.1) is 5.82 Å². The highest BCUT2D eigenvalue weighted by Crippen LogP contribution is 2.23. The molecular weight excluding hydrogens is 322 g/mol. The Morgan fingerprint density at radius 2 is 2.17 bits per heavy atom.